The number of nitrogens with one attached hydrogen (secondary N) is 1. The molecule has 2 unspecified atom stereocenters. The summed E-state index contributed by atoms with van der Waals surface area (Å²) in [6.07, 6.45) is 2.56. The van der Waals surface area contributed by atoms with Crippen LogP contribution in [0.25, 0.3) is 0 Å². The lowest BCUT2D eigenvalue weighted by Gasteiger charge is -2.38. The van der Waals surface area contributed by atoms with Crippen LogP contribution >= 0.6 is 11.6 Å². The lowest BCUT2D eigenvalue weighted by atomic mass is 9.95. The second-order valence-corrected chi connectivity index (χ2v) is 7.21. The van der Waals surface area contributed by atoms with Crippen molar-refractivity contribution in [3.63, 3.8) is 0 Å². The Balaban J connectivity index is 2.09. The standard InChI is InChI=1S/C17H28ClN3/c1-12(2)9-19-10-16-15(18)7-8-17(20-16)21-11-13(3)5-6-14(21)4/h7-8,12-14,19H,5-6,9-11H2,1-4H3. The minimum absolute atomic E-state index is 0.561. The number of rotatable bonds is 5. The number of pyridine rings is 1. The lowest BCUT2D eigenvalue weighted by molar-refractivity contribution is 0.388. The Morgan fingerprint density at radius 2 is 2.10 bits per heavy atom. The molecule has 0 bridgehead atoms. The lowest BCUT2D eigenvalue weighted by Crippen LogP contribution is -2.41. The van der Waals surface area contributed by atoms with Crippen molar-refractivity contribution < 1.29 is 0 Å². The summed E-state index contributed by atoms with van der Waals surface area (Å²) in [6.45, 7) is 11.8. The van der Waals surface area contributed by atoms with Crippen molar-refractivity contribution in [2.45, 2.75) is 53.1 Å². The first kappa shape index (κ1) is 16.6. The van der Waals surface area contributed by atoms with Crippen molar-refractivity contribution in [3.8, 4) is 0 Å². The fourth-order valence-corrected chi connectivity index (χ4v) is 3.02. The van der Waals surface area contributed by atoms with E-state index in [2.05, 4.69) is 44.0 Å². The fourth-order valence-electron chi connectivity index (χ4n) is 2.84. The van der Waals surface area contributed by atoms with Crippen LogP contribution in [0.1, 0.15) is 46.2 Å². The van der Waals surface area contributed by atoms with E-state index in [0.29, 0.717) is 12.0 Å². The fraction of sp³-hybridized carbons (Fsp3) is 0.706. The first-order valence-electron chi connectivity index (χ1n) is 8.10. The van der Waals surface area contributed by atoms with Gasteiger partial charge in [-0.3, -0.25) is 0 Å². The van der Waals surface area contributed by atoms with E-state index in [1.54, 1.807) is 0 Å². The van der Waals surface area contributed by atoms with Gasteiger partial charge in [0, 0.05) is 19.1 Å². The van der Waals surface area contributed by atoms with Crippen molar-refractivity contribution >= 4 is 17.4 Å². The van der Waals surface area contributed by atoms with Gasteiger partial charge in [-0.15, -0.1) is 0 Å². The van der Waals surface area contributed by atoms with Crippen molar-refractivity contribution in [1.82, 2.24) is 10.3 Å². The maximum atomic E-state index is 6.29. The molecule has 118 valence electrons. The molecule has 1 fully saturated rings. The van der Waals surface area contributed by atoms with Crippen LogP contribution in [-0.4, -0.2) is 24.1 Å². The summed E-state index contributed by atoms with van der Waals surface area (Å²) < 4.78 is 0. The van der Waals surface area contributed by atoms with E-state index >= 15 is 0 Å². The van der Waals surface area contributed by atoms with Gasteiger partial charge in [0.25, 0.3) is 0 Å². The molecule has 2 heterocycles. The Kier molecular flexibility index (Phi) is 5.88. The van der Waals surface area contributed by atoms with Gasteiger partial charge < -0.3 is 10.2 Å². The van der Waals surface area contributed by atoms with E-state index in [1.165, 1.54) is 12.8 Å². The zero-order valence-corrected chi connectivity index (χ0v) is 14.5. The number of anilines is 1. The van der Waals surface area contributed by atoms with Gasteiger partial charge in [0.1, 0.15) is 5.82 Å². The molecule has 0 saturated carbocycles. The second-order valence-electron chi connectivity index (χ2n) is 6.81. The first-order valence-corrected chi connectivity index (χ1v) is 8.48. The van der Waals surface area contributed by atoms with E-state index in [1.807, 2.05) is 6.07 Å². The number of nitrogens with zero attached hydrogens (tertiary/aromatic N) is 2. The van der Waals surface area contributed by atoms with Crippen LogP contribution in [0.3, 0.4) is 0 Å². The van der Waals surface area contributed by atoms with Gasteiger partial charge in [0.05, 0.1) is 10.7 Å². The highest BCUT2D eigenvalue weighted by atomic mass is 35.5. The zero-order valence-electron chi connectivity index (χ0n) is 13.7. The Bertz CT molecular complexity index is 461. The molecule has 0 spiro atoms. The van der Waals surface area contributed by atoms with Crippen LogP contribution in [0.4, 0.5) is 5.82 Å². The molecule has 0 radical (unpaired) electrons. The number of aromatic nitrogens is 1. The third kappa shape index (κ3) is 4.58. The summed E-state index contributed by atoms with van der Waals surface area (Å²) >= 11 is 6.29. The number of hydrogen-bond donors (Lipinski definition) is 1. The van der Waals surface area contributed by atoms with Crippen molar-refractivity contribution in [1.29, 1.82) is 0 Å². The van der Waals surface area contributed by atoms with Crippen LogP contribution in [0, 0.1) is 11.8 Å². The van der Waals surface area contributed by atoms with Gasteiger partial charge in [-0.25, -0.2) is 4.98 Å². The Morgan fingerprint density at radius 1 is 1.33 bits per heavy atom. The highest BCUT2D eigenvalue weighted by Crippen LogP contribution is 2.27. The molecule has 1 N–H and O–H groups in total. The van der Waals surface area contributed by atoms with E-state index in [-0.39, 0.29) is 0 Å². The average molecular weight is 310 g/mol. The van der Waals surface area contributed by atoms with Gasteiger partial charge in [-0.05, 0) is 50.3 Å². The Morgan fingerprint density at radius 3 is 2.81 bits per heavy atom. The molecule has 2 rings (SSSR count). The molecular formula is C17H28ClN3. The van der Waals surface area contributed by atoms with Gasteiger partial charge in [0.15, 0.2) is 0 Å². The molecule has 1 aromatic heterocycles. The monoisotopic (exact) mass is 309 g/mol. The smallest absolute Gasteiger partial charge is 0.129 e. The summed E-state index contributed by atoms with van der Waals surface area (Å²) in [4.78, 5) is 7.24. The zero-order chi connectivity index (χ0) is 15.4. The Labute approximate surface area is 134 Å². The molecule has 1 saturated heterocycles. The molecule has 0 aromatic carbocycles. The molecule has 3 nitrogen and oxygen atoms in total. The van der Waals surface area contributed by atoms with Gasteiger partial charge in [0.2, 0.25) is 0 Å². The first-order chi connectivity index (χ1) is 9.97. The average Bonchev–Trinajstić information content (AvgIpc) is 2.43. The molecule has 2 atom stereocenters. The minimum atomic E-state index is 0.561. The molecule has 21 heavy (non-hydrogen) atoms. The maximum Gasteiger partial charge on any atom is 0.129 e. The summed E-state index contributed by atoms with van der Waals surface area (Å²) in [6, 6.07) is 4.61. The number of piperidine rings is 1. The van der Waals surface area contributed by atoms with Crippen molar-refractivity contribution in [3.05, 3.63) is 22.8 Å². The Hall–Kier alpha value is -0.800. The van der Waals surface area contributed by atoms with Crippen LogP contribution in [0.5, 0.6) is 0 Å². The molecular weight excluding hydrogens is 282 g/mol. The van der Waals surface area contributed by atoms with Gasteiger partial charge in [-0.1, -0.05) is 32.4 Å². The van der Waals surface area contributed by atoms with Gasteiger partial charge >= 0.3 is 0 Å². The van der Waals surface area contributed by atoms with E-state index in [4.69, 9.17) is 16.6 Å². The second kappa shape index (κ2) is 7.46. The predicted molar refractivity (Wildman–Crippen MR) is 91.0 cm³/mol. The number of hydrogen-bond acceptors (Lipinski definition) is 3. The molecule has 4 heteroatoms. The molecule has 1 aliphatic rings. The molecule has 1 aliphatic heterocycles. The normalized spacial score (nSPS) is 22.9. The third-order valence-corrected chi connectivity index (χ3v) is 4.51. The van der Waals surface area contributed by atoms with Crippen LogP contribution in [0.2, 0.25) is 5.02 Å². The van der Waals surface area contributed by atoms with Crippen LogP contribution < -0.4 is 10.2 Å². The third-order valence-electron chi connectivity index (χ3n) is 4.16. The predicted octanol–water partition coefficient (Wildman–Crippen LogP) is 4.11. The summed E-state index contributed by atoms with van der Waals surface area (Å²) in [5.41, 5.74) is 0.959. The summed E-state index contributed by atoms with van der Waals surface area (Å²) in [7, 11) is 0. The minimum Gasteiger partial charge on any atom is -0.354 e. The summed E-state index contributed by atoms with van der Waals surface area (Å²) in [5, 5.41) is 4.18. The van der Waals surface area contributed by atoms with Crippen molar-refractivity contribution in [2.75, 3.05) is 18.0 Å². The van der Waals surface area contributed by atoms with Crippen LogP contribution in [-0.2, 0) is 6.54 Å². The SMILES string of the molecule is CC(C)CNCc1nc(N2CC(C)CCC2C)ccc1Cl. The van der Waals surface area contributed by atoms with Gasteiger partial charge in [-0.2, -0.15) is 0 Å². The highest BCUT2D eigenvalue weighted by Gasteiger charge is 2.24. The largest absolute Gasteiger partial charge is 0.354 e. The number of halogens is 1. The molecule has 0 aliphatic carbocycles. The van der Waals surface area contributed by atoms with Crippen LogP contribution in [0.15, 0.2) is 12.1 Å². The van der Waals surface area contributed by atoms with E-state index in [9.17, 15) is 0 Å². The topological polar surface area (TPSA) is 28.2 Å². The molecule has 1 aromatic rings. The quantitative estimate of drug-likeness (QED) is 0.887. The van der Waals surface area contributed by atoms with Crippen molar-refractivity contribution in [2.24, 2.45) is 11.8 Å². The van der Waals surface area contributed by atoms with E-state index in [0.717, 1.165) is 42.1 Å². The molecule has 0 amide bonds. The maximum absolute atomic E-state index is 6.29. The highest BCUT2D eigenvalue weighted by molar-refractivity contribution is 6.31. The van der Waals surface area contributed by atoms with E-state index < -0.39 is 0 Å². The summed E-state index contributed by atoms with van der Waals surface area (Å²) in [5.74, 6) is 2.44.